The van der Waals surface area contributed by atoms with Crippen LogP contribution in [0.5, 0.6) is 17.2 Å². The molecule has 0 saturated heterocycles. The van der Waals surface area contributed by atoms with E-state index in [1.165, 1.54) is 0 Å². The smallest absolute Gasteiger partial charge is 0.221 e. The van der Waals surface area contributed by atoms with Crippen LogP contribution >= 0.6 is 0 Å². The summed E-state index contributed by atoms with van der Waals surface area (Å²) in [4.78, 5) is 8.12. The zero-order chi connectivity index (χ0) is 18.9. The lowest BCUT2D eigenvalue weighted by atomic mass is 9.82. The van der Waals surface area contributed by atoms with Gasteiger partial charge in [-0.05, 0) is 24.1 Å². The van der Waals surface area contributed by atoms with Crippen molar-refractivity contribution in [2.75, 3.05) is 25.7 Å². The standard InChI is InChI=1S/C19H24N4O3/c1-11(2)19(9-13-10-22-18(21)23-17(13)20)8-7-12-5-6-14(24-3)16(25-4)15(12)26-19/h5-8,10-11H,9H2,1-4H3,(H4,20,21,22,23). The lowest BCUT2D eigenvalue weighted by Gasteiger charge is -2.39. The van der Waals surface area contributed by atoms with Crippen molar-refractivity contribution in [2.45, 2.75) is 25.9 Å². The van der Waals surface area contributed by atoms with Crippen LogP contribution in [0.1, 0.15) is 25.0 Å². The van der Waals surface area contributed by atoms with Gasteiger partial charge in [0.05, 0.1) is 14.2 Å². The van der Waals surface area contributed by atoms with Gasteiger partial charge in [0.15, 0.2) is 11.5 Å². The van der Waals surface area contributed by atoms with Gasteiger partial charge in [0, 0.05) is 23.7 Å². The van der Waals surface area contributed by atoms with Gasteiger partial charge in [0.2, 0.25) is 11.7 Å². The molecule has 0 amide bonds. The minimum absolute atomic E-state index is 0.153. The number of nitrogens with two attached hydrogens (primary N) is 2. The van der Waals surface area contributed by atoms with Gasteiger partial charge in [-0.2, -0.15) is 4.98 Å². The molecule has 0 radical (unpaired) electrons. The van der Waals surface area contributed by atoms with Crippen molar-refractivity contribution in [1.29, 1.82) is 0 Å². The van der Waals surface area contributed by atoms with Crippen LogP contribution in [-0.4, -0.2) is 29.8 Å². The van der Waals surface area contributed by atoms with E-state index < -0.39 is 5.60 Å². The molecular weight excluding hydrogens is 332 g/mol. The summed E-state index contributed by atoms with van der Waals surface area (Å²) >= 11 is 0. The summed E-state index contributed by atoms with van der Waals surface area (Å²) in [6.07, 6.45) is 6.25. The number of nitrogens with zero attached hydrogens (tertiary/aromatic N) is 2. The molecule has 1 aliphatic rings. The van der Waals surface area contributed by atoms with E-state index in [9.17, 15) is 0 Å². The number of ether oxygens (including phenoxy) is 3. The average molecular weight is 356 g/mol. The Bertz CT molecular complexity index is 851. The van der Waals surface area contributed by atoms with Crippen LogP contribution < -0.4 is 25.7 Å². The van der Waals surface area contributed by atoms with E-state index in [0.717, 1.165) is 11.1 Å². The summed E-state index contributed by atoms with van der Waals surface area (Å²) in [7, 11) is 3.20. The average Bonchev–Trinajstić information content (AvgIpc) is 2.62. The normalized spacial score (nSPS) is 18.3. The molecule has 3 rings (SSSR count). The lowest BCUT2D eigenvalue weighted by Crippen LogP contribution is -2.43. The Hall–Kier alpha value is -2.96. The highest BCUT2D eigenvalue weighted by Crippen LogP contribution is 2.47. The molecule has 1 atom stereocenters. The first kappa shape index (κ1) is 17.8. The number of benzene rings is 1. The highest BCUT2D eigenvalue weighted by molar-refractivity contribution is 5.69. The Labute approximate surface area is 153 Å². The van der Waals surface area contributed by atoms with Gasteiger partial charge in [-0.15, -0.1) is 0 Å². The van der Waals surface area contributed by atoms with Crippen LogP contribution in [0.15, 0.2) is 24.4 Å². The summed E-state index contributed by atoms with van der Waals surface area (Å²) in [5.74, 6) is 2.51. The number of aromatic nitrogens is 2. The molecule has 2 aromatic rings. The second kappa shape index (κ2) is 6.74. The molecule has 7 heteroatoms. The van der Waals surface area contributed by atoms with Gasteiger partial charge in [-0.1, -0.05) is 19.9 Å². The van der Waals surface area contributed by atoms with Gasteiger partial charge in [0.1, 0.15) is 11.4 Å². The van der Waals surface area contributed by atoms with Crippen molar-refractivity contribution in [2.24, 2.45) is 5.92 Å². The van der Waals surface area contributed by atoms with Crippen LogP contribution in [0.3, 0.4) is 0 Å². The van der Waals surface area contributed by atoms with Crippen LogP contribution in [0.2, 0.25) is 0 Å². The number of fused-ring (bicyclic) bond motifs is 1. The Morgan fingerprint density at radius 3 is 2.58 bits per heavy atom. The molecule has 1 aliphatic heterocycles. The Morgan fingerprint density at radius 1 is 1.19 bits per heavy atom. The fourth-order valence-corrected chi connectivity index (χ4v) is 3.08. The molecule has 1 aromatic heterocycles. The second-order valence-corrected chi connectivity index (χ2v) is 6.58. The molecule has 26 heavy (non-hydrogen) atoms. The van der Waals surface area contributed by atoms with Gasteiger partial charge >= 0.3 is 0 Å². The van der Waals surface area contributed by atoms with Crippen LogP contribution in [0.25, 0.3) is 6.08 Å². The molecule has 7 nitrogen and oxygen atoms in total. The second-order valence-electron chi connectivity index (χ2n) is 6.58. The first-order valence-corrected chi connectivity index (χ1v) is 8.40. The maximum atomic E-state index is 6.50. The molecule has 0 bridgehead atoms. The number of methoxy groups -OCH3 is 2. The Morgan fingerprint density at radius 2 is 1.96 bits per heavy atom. The number of hydrogen-bond acceptors (Lipinski definition) is 7. The molecule has 0 saturated carbocycles. The molecule has 2 heterocycles. The topological polar surface area (TPSA) is 106 Å². The van der Waals surface area contributed by atoms with Crippen molar-refractivity contribution >= 4 is 17.8 Å². The number of nitrogen functional groups attached to an aromatic ring is 2. The zero-order valence-corrected chi connectivity index (χ0v) is 15.4. The quantitative estimate of drug-likeness (QED) is 0.848. The van der Waals surface area contributed by atoms with E-state index in [-0.39, 0.29) is 11.9 Å². The summed E-state index contributed by atoms with van der Waals surface area (Å²) in [5, 5.41) is 0. The van der Waals surface area contributed by atoms with Crippen molar-refractivity contribution in [1.82, 2.24) is 9.97 Å². The predicted molar refractivity (Wildman–Crippen MR) is 101 cm³/mol. The predicted octanol–water partition coefficient (Wildman–Crippen LogP) is 2.70. The van der Waals surface area contributed by atoms with E-state index in [4.69, 9.17) is 25.7 Å². The fraction of sp³-hybridized carbons (Fsp3) is 0.368. The molecule has 0 spiro atoms. The third-order valence-corrected chi connectivity index (χ3v) is 4.73. The number of anilines is 2. The van der Waals surface area contributed by atoms with Crippen molar-refractivity contribution in [3.05, 3.63) is 35.5 Å². The largest absolute Gasteiger partial charge is 0.493 e. The molecule has 0 aliphatic carbocycles. The SMILES string of the molecule is COc1ccc2c(c1OC)OC(Cc1cnc(N)nc1N)(C(C)C)C=C2. The van der Waals surface area contributed by atoms with Crippen LogP contribution in [0, 0.1) is 5.92 Å². The number of rotatable bonds is 5. The van der Waals surface area contributed by atoms with Crippen molar-refractivity contribution < 1.29 is 14.2 Å². The molecule has 1 unspecified atom stereocenters. The van der Waals surface area contributed by atoms with Gasteiger partial charge < -0.3 is 25.7 Å². The van der Waals surface area contributed by atoms with Gasteiger partial charge in [-0.3, -0.25) is 0 Å². The van der Waals surface area contributed by atoms with Gasteiger partial charge in [-0.25, -0.2) is 4.98 Å². The van der Waals surface area contributed by atoms with Crippen LogP contribution in [-0.2, 0) is 6.42 Å². The monoisotopic (exact) mass is 356 g/mol. The van der Waals surface area contributed by atoms with Crippen molar-refractivity contribution in [3.63, 3.8) is 0 Å². The lowest BCUT2D eigenvalue weighted by molar-refractivity contribution is 0.0646. The third-order valence-electron chi connectivity index (χ3n) is 4.73. The summed E-state index contributed by atoms with van der Waals surface area (Å²) in [5.41, 5.74) is 12.7. The van der Waals surface area contributed by atoms with E-state index >= 15 is 0 Å². The van der Waals surface area contributed by atoms with Crippen molar-refractivity contribution in [3.8, 4) is 17.2 Å². The highest BCUT2D eigenvalue weighted by atomic mass is 16.5. The van der Waals surface area contributed by atoms with E-state index in [1.54, 1.807) is 20.4 Å². The van der Waals surface area contributed by atoms with Gasteiger partial charge in [0.25, 0.3) is 0 Å². The molecule has 0 fully saturated rings. The van der Waals surface area contributed by atoms with E-state index in [0.29, 0.717) is 29.5 Å². The molecule has 4 N–H and O–H groups in total. The van der Waals surface area contributed by atoms with Crippen LogP contribution in [0.4, 0.5) is 11.8 Å². The fourth-order valence-electron chi connectivity index (χ4n) is 3.08. The first-order valence-electron chi connectivity index (χ1n) is 8.40. The molecule has 1 aromatic carbocycles. The summed E-state index contributed by atoms with van der Waals surface area (Å²) in [6, 6.07) is 3.80. The summed E-state index contributed by atoms with van der Waals surface area (Å²) < 4.78 is 17.4. The molecular formula is C19H24N4O3. The van der Waals surface area contributed by atoms with E-state index in [2.05, 4.69) is 29.9 Å². The maximum Gasteiger partial charge on any atom is 0.221 e. The highest BCUT2D eigenvalue weighted by Gasteiger charge is 2.39. The Balaban J connectivity index is 2.05. The molecule has 138 valence electrons. The summed E-state index contributed by atoms with van der Waals surface area (Å²) in [6.45, 7) is 4.19. The number of hydrogen-bond donors (Lipinski definition) is 2. The Kier molecular flexibility index (Phi) is 4.63. The first-order chi connectivity index (χ1) is 12.4. The minimum Gasteiger partial charge on any atom is -0.493 e. The minimum atomic E-state index is -0.625. The maximum absolute atomic E-state index is 6.50. The van der Waals surface area contributed by atoms with E-state index in [1.807, 2.05) is 18.2 Å². The zero-order valence-electron chi connectivity index (χ0n) is 15.4. The third kappa shape index (κ3) is 3.00.